The lowest BCUT2D eigenvalue weighted by Gasteiger charge is -2.42. The molecule has 1 aromatic carbocycles. The largest absolute Gasteiger partial charge is 0.387 e. The van der Waals surface area contributed by atoms with Gasteiger partial charge in [0.1, 0.15) is 0 Å². The van der Waals surface area contributed by atoms with Crippen LogP contribution < -0.4 is 5.73 Å². The molecule has 4 nitrogen and oxygen atoms in total. The molecule has 2 atom stereocenters. The number of aliphatic hydroxyl groups excluding tert-OH is 1. The summed E-state index contributed by atoms with van der Waals surface area (Å²) in [5, 5.41) is 10.4. The maximum Gasteiger partial charge on any atom is 0.0916 e. The Kier molecular flexibility index (Phi) is 4.81. The van der Waals surface area contributed by atoms with Crippen LogP contribution in [0.1, 0.15) is 38.0 Å². The predicted octanol–water partition coefficient (Wildman–Crippen LogP) is 1.68. The fourth-order valence-electron chi connectivity index (χ4n) is 2.95. The van der Waals surface area contributed by atoms with Gasteiger partial charge in [0.25, 0.3) is 0 Å². The molecule has 0 spiro atoms. The summed E-state index contributed by atoms with van der Waals surface area (Å²) in [6.45, 7) is 9.15. The summed E-state index contributed by atoms with van der Waals surface area (Å²) in [4.78, 5) is 2.27. The van der Waals surface area contributed by atoms with E-state index in [1.165, 1.54) is 0 Å². The summed E-state index contributed by atoms with van der Waals surface area (Å²) in [6.07, 6.45) is -0.270. The predicted molar refractivity (Wildman–Crippen MR) is 80.4 cm³/mol. The lowest BCUT2D eigenvalue weighted by molar-refractivity contribution is -0.133. The van der Waals surface area contributed by atoms with Crippen LogP contribution in [0.25, 0.3) is 0 Å². The Morgan fingerprint density at radius 2 is 2.05 bits per heavy atom. The highest BCUT2D eigenvalue weighted by molar-refractivity contribution is 5.24. The number of hydrogen-bond acceptors (Lipinski definition) is 4. The molecule has 0 aromatic heterocycles. The number of benzene rings is 1. The molecule has 4 heteroatoms. The van der Waals surface area contributed by atoms with Crippen LogP contribution in [0, 0.1) is 0 Å². The molecule has 0 radical (unpaired) electrons. The number of β-amino-alcohol motifs (C(OH)–C–C–N with tert-alkyl or cyclic N) is 1. The zero-order valence-electron chi connectivity index (χ0n) is 12.7. The number of nitrogens with two attached hydrogens (primary N) is 1. The zero-order chi connectivity index (χ0) is 14.8. The maximum atomic E-state index is 10.4. The normalized spacial score (nSPS) is 24.6. The monoisotopic (exact) mass is 278 g/mol. The van der Waals surface area contributed by atoms with Crippen molar-refractivity contribution in [2.45, 2.75) is 45.1 Å². The molecule has 0 saturated carbocycles. The van der Waals surface area contributed by atoms with E-state index >= 15 is 0 Å². The van der Waals surface area contributed by atoms with Crippen LogP contribution in [-0.2, 0) is 11.3 Å². The first-order valence-electron chi connectivity index (χ1n) is 7.27. The smallest absolute Gasteiger partial charge is 0.0916 e. The van der Waals surface area contributed by atoms with Crippen molar-refractivity contribution in [3.05, 3.63) is 35.4 Å². The fourth-order valence-corrected chi connectivity index (χ4v) is 2.95. The third-order valence-electron chi connectivity index (χ3n) is 3.67. The molecule has 1 heterocycles. The molecule has 1 aliphatic rings. The van der Waals surface area contributed by atoms with E-state index in [0.29, 0.717) is 13.1 Å². The minimum Gasteiger partial charge on any atom is -0.387 e. The van der Waals surface area contributed by atoms with Crippen molar-refractivity contribution in [2.75, 3.05) is 19.6 Å². The lowest BCUT2D eigenvalue weighted by atomic mass is 10.0. The summed E-state index contributed by atoms with van der Waals surface area (Å²) in [5.41, 5.74) is 7.46. The third-order valence-corrected chi connectivity index (χ3v) is 3.67. The number of hydrogen-bond donors (Lipinski definition) is 2. The molecule has 2 rings (SSSR count). The van der Waals surface area contributed by atoms with Gasteiger partial charge in [0.15, 0.2) is 0 Å². The van der Waals surface area contributed by atoms with E-state index in [-0.39, 0.29) is 11.7 Å². The van der Waals surface area contributed by atoms with Gasteiger partial charge < -0.3 is 15.6 Å². The van der Waals surface area contributed by atoms with E-state index in [9.17, 15) is 5.11 Å². The lowest BCUT2D eigenvalue weighted by Crippen LogP contribution is -2.52. The molecule has 0 aliphatic carbocycles. The van der Waals surface area contributed by atoms with E-state index < -0.39 is 6.10 Å². The van der Waals surface area contributed by atoms with Gasteiger partial charge in [-0.05, 0) is 31.9 Å². The van der Waals surface area contributed by atoms with Crippen LogP contribution in [0.5, 0.6) is 0 Å². The van der Waals surface area contributed by atoms with E-state index in [4.69, 9.17) is 10.5 Å². The number of rotatable bonds is 4. The highest BCUT2D eigenvalue weighted by Gasteiger charge is 2.32. The second-order valence-corrected chi connectivity index (χ2v) is 6.34. The van der Waals surface area contributed by atoms with Crippen molar-refractivity contribution in [3.63, 3.8) is 0 Å². The number of ether oxygens (including phenoxy) is 1. The Bertz CT molecular complexity index is 431. The Morgan fingerprint density at radius 1 is 1.40 bits per heavy atom. The van der Waals surface area contributed by atoms with Crippen molar-refractivity contribution < 1.29 is 9.84 Å². The second kappa shape index (κ2) is 6.22. The molecule has 1 aromatic rings. The zero-order valence-corrected chi connectivity index (χ0v) is 12.7. The highest BCUT2D eigenvalue weighted by atomic mass is 16.5. The SMILES string of the molecule is CC1CN(CC(O)c2ccc(CN)cc2)CC(C)(C)O1. The molecule has 20 heavy (non-hydrogen) atoms. The average Bonchev–Trinajstić information content (AvgIpc) is 2.36. The first kappa shape index (κ1) is 15.4. The summed E-state index contributed by atoms with van der Waals surface area (Å²) >= 11 is 0. The topological polar surface area (TPSA) is 58.7 Å². The van der Waals surface area contributed by atoms with Gasteiger partial charge >= 0.3 is 0 Å². The van der Waals surface area contributed by atoms with Crippen LogP contribution in [0.3, 0.4) is 0 Å². The molecular formula is C16H26N2O2. The van der Waals surface area contributed by atoms with Crippen LogP contribution in [0.4, 0.5) is 0 Å². The number of morpholine rings is 1. The van der Waals surface area contributed by atoms with E-state index in [0.717, 1.165) is 24.2 Å². The molecule has 2 unspecified atom stereocenters. The Balaban J connectivity index is 1.97. The van der Waals surface area contributed by atoms with Gasteiger partial charge in [-0.1, -0.05) is 24.3 Å². The van der Waals surface area contributed by atoms with Crippen molar-refractivity contribution in [1.82, 2.24) is 4.90 Å². The molecule has 1 saturated heterocycles. The standard InChI is InChI=1S/C16H26N2O2/c1-12-9-18(11-16(2,3)20-12)10-15(19)14-6-4-13(8-17)5-7-14/h4-7,12,15,19H,8-11,17H2,1-3H3. The summed E-state index contributed by atoms with van der Waals surface area (Å²) < 4.78 is 5.88. The molecule has 112 valence electrons. The van der Waals surface area contributed by atoms with Crippen molar-refractivity contribution in [3.8, 4) is 0 Å². The Labute approximate surface area is 121 Å². The van der Waals surface area contributed by atoms with Gasteiger partial charge in [0.05, 0.1) is 17.8 Å². The van der Waals surface area contributed by atoms with Crippen molar-refractivity contribution in [1.29, 1.82) is 0 Å². The number of aliphatic hydroxyl groups is 1. The van der Waals surface area contributed by atoms with Gasteiger partial charge in [-0.3, -0.25) is 4.90 Å². The molecular weight excluding hydrogens is 252 g/mol. The van der Waals surface area contributed by atoms with Gasteiger partial charge in [-0.25, -0.2) is 0 Å². The first-order valence-corrected chi connectivity index (χ1v) is 7.27. The summed E-state index contributed by atoms with van der Waals surface area (Å²) in [6, 6.07) is 7.87. The van der Waals surface area contributed by atoms with Crippen LogP contribution in [-0.4, -0.2) is 41.3 Å². The molecule has 3 N–H and O–H groups in total. The van der Waals surface area contributed by atoms with Crippen LogP contribution in [0.15, 0.2) is 24.3 Å². The molecule has 1 fully saturated rings. The summed E-state index contributed by atoms with van der Waals surface area (Å²) in [7, 11) is 0. The maximum absolute atomic E-state index is 10.4. The Morgan fingerprint density at radius 3 is 2.60 bits per heavy atom. The van der Waals surface area contributed by atoms with E-state index in [2.05, 4.69) is 25.7 Å². The minimum atomic E-state index is -0.470. The average molecular weight is 278 g/mol. The van der Waals surface area contributed by atoms with Gasteiger partial charge in [0.2, 0.25) is 0 Å². The molecule has 0 amide bonds. The third kappa shape index (κ3) is 4.03. The first-order chi connectivity index (χ1) is 9.39. The summed E-state index contributed by atoms with van der Waals surface area (Å²) in [5.74, 6) is 0. The Hall–Kier alpha value is -0.940. The van der Waals surface area contributed by atoms with Gasteiger partial charge in [0, 0.05) is 26.2 Å². The quantitative estimate of drug-likeness (QED) is 0.880. The van der Waals surface area contributed by atoms with Crippen molar-refractivity contribution >= 4 is 0 Å². The van der Waals surface area contributed by atoms with Gasteiger partial charge in [-0.15, -0.1) is 0 Å². The van der Waals surface area contributed by atoms with E-state index in [1.807, 2.05) is 24.3 Å². The fraction of sp³-hybridized carbons (Fsp3) is 0.625. The highest BCUT2D eigenvalue weighted by Crippen LogP contribution is 2.23. The van der Waals surface area contributed by atoms with Crippen LogP contribution >= 0.6 is 0 Å². The molecule has 1 aliphatic heterocycles. The van der Waals surface area contributed by atoms with Crippen molar-refractivity contribution in [2.24, 2.45) is 5.73 Å². The minimum absolute atomic E-state index is 0.152. The van der Waals surface area contributed by atoms with Crippen LogP contribution in [0.2, 0.25) is 0 Å². The number of nitrogens with zero attached hydrogens (tertiary/aromatic N) is 1. The van der Waals surface area contributed by atoms with E-state index in [1.54, 1.807) is 0 Å². The molecule has 0 bridgehead atoms. The second-order valence-electron chi connectivity index (χ2n) is 6.34. The van der Waals surface area contributed by atoms with Gasteiger partial charge in [-0.2, -0.15) is 0 Å².